The molecule has 0 radical (unpaired) electrons. The first-order chi connectivity index (χ1) is 14.5. The van der Waals surface area contributed by atoms with Crippen molar-refractivity contribution in [3.05, 3.63) is 83.4 Å². The minimum absolute atomic E-state index is 0.106. The van der Waals surface area contributed by atoms with Crippen LogP contribution in [0.2, 0.25) is 0 Å². The van der Waals surface area contributed by atoms with Crippen LogP contribution in [0, 0.1) is 13.8 Å². The molecule has 1 fully saturated rings. The van der Waals surface area contributed by atoms with Gasteiger partial charge in [-0.3, -0.25) is 9.69 Å². The first-order valence-electron chi connectivity index (χ1n) is 9.81. The van der Waals surface area contributed by atoms with Gasteiger partial charge in [-0.05, 0) is 74.0 Å². The molecule has 1 aliphatic heterocycles. The van der Waals surface area contributed by atoms with Crippen molar-refractivity contribution in [2.45, 2.75) is 23.6 Å². The molecule has 0 unspecified atom stereocenters. The smallest absolute Gasteiger partial charge is 0.321 e. The van der Waals surface area contributed by atoms with Crippen molar-refractivity contribution in [2.24, 2.45) is 0 Å². The van der Waals surface area contributed by atoms with Crippen LogP contribution in [-0.4, -0.2) is 25.0 Å². The molecule has 0 spiro atoms. The van der Waals surface area contributed by atoms with Gasteiger partial charge < -0.3 is 10.6 Å². The number of benzene rings is 3. The van der Waals surface area contributed by atoms with Gasteiger partial charge in [-0.1, -0.05) is 29.5 Å². The SMILES string of the molecule is Cc1ccc(Sc2ccc(NC(=O)c3ccc(N4CCNC4=O)cc3)cc2)c(C)c1. The lowest BCUT2D eigenvalue weighted by Gasteiger charge is -2.14. The van der Waals surface area contributed by atoms with Crippen molar-refractivity contribution in [1.82, 2.24) is 5.32 Å². The molecule has 1 heterocycles. The first kappa shape index (κ1) is 20.0. The lowest BCUT2D eigenvalue weighted by molar-refractivity contribution is 0.102. The molecule has 152 valence electrons. The van der Waals surface area contributed by atoms with Crippen LogP contribution in [-0.2, 0) is 0 Å². The lowest BCUT2D eigenvalue weighted by atomic mass is 10.1. The highest BCUT2D eigenvalue weighted by Crippen LogP contribution is 2.31. The van der Waals surface area contributed by atoms with Gasteiger partial charge in [0, 0.05) is 39.8 Å². The zero-order valence-corrected chi connectivity index (χ0v) is 17.8. The fourth-order valence-corrected chi connectivity index (χ4v) is 4.24. The normalized spacial score (nSPS) is 13.3. The number of hydrogen-bond donors (Lipinski definition) is 2. The third-order valence-electron chi connectivity index (χ3n) is 4.97. The molecule has 30 heavy (non-hydrogen) atoms. The molecule has 0 aliphatic carbocycles. The Labute approximate surface area is 180 Å². The van der Waals surface area contributed by atoms with E-state index >= 15 is 0 Å². The molecule has 3 aromatic rings. The minimum Gasteiger partial charge on any atom is -0.336 e. The second kappa shape index (κ2) is 8.63. The van der Waals surface area contributed by atoms with Crippen molar-refractivity contribution in [2.75, 3.05) is 23.3 Å². The molecule has 2 N–H and O–H groups in total. The highest BCUT2D eigenvalue weighted by atomic mass is 32.2. The molecular weight excluding hydrogens is 394 g/mol. The molecule has 0 atom stereocenters. The van der Waals surface area contributed by atoms with E-state index in [1.807, 2.05) is 24.3 Å². The van der Waals surface area contributed by atoms with Crippen molar-refractivity contribution >= 4 is 35.1 Å². The number of urea groups is 1. The summed E-state index contributed by atoms with van der Waals surface area (Å²) in [5.41, 5.74) is 4.59. The molecule has 6 heteroatoms. The fraction of sp³-hybridized carbons (Fsp3) is 0.167. The average Bonchev–Trinajstić information content (AvgIpc) is 3.17. The molecule has 1 aliphatic rings. The van der Waals surface area contributed by atoms with Gasteiger partial charge in [0.05, 0.1) is 0 Å². The van der Waals surface area contributed by atoms with Crippen LogP contribution < -0.4 is 15.5 Å². The summed E-state index contributed by atoms with van der Waals surface area (Å²) in [6.45, 7) is 5.48. The van der Waals surface area contributed by atoms with Crippen molar-refractivity contribution in [3.8, 4) is 0 Å². The second-order valence-electron chi connectivity index (χ2n) is 7.28. The summed E-state index contributed by atoms with van der Waals surface area (Å²) in [5.74, 6) is -0.179. The Kier molecular flexibility index (Phi) is 5.77. The van der Waals surface area contributed by atoms with E-state index in [1.54, 1.807) is 40.9 Å². The summed E-state index contributed by atoms with van der Waals surface area (Å²) in [6, 6.07) is 21.2. The summed E-state index contributed by atoms with van der Waals surface area (Å²) in [7, 11) is 0. The Morgan fingerprint density at radius 3 is 2.37 bits per heavy atom. The summed E-state index contributed by atoms with van der Waals surface area (Å²) in [6.07, 6.45) is 0. The van der Waals surface area contributed by atoms with E-state index < -0.39 is 0 Å². The van der Waals surface area contributed by atoms with Gasteiger partial charge in [-0.2, -0.15) is 0 Å². The number of nitrogens with zero attached hydrogens (tertiary/aromatic N) is 1. The largest absolute Gasteiger partial charge is 0.336 e. The monoisotopic (exact) mass is 417 g/mol. The zero-order chi connectivity index (χ0) is 21.1. The van der Waals surface area contributed by atoms with E-state index in [4.69, 9.17) is 0 Å². The van der Waals surface area contributed by atoms with Gasteiger partial charge in [0.1, 0.15) is 0 Å². The second-order valence-corrected chi connectivity index (χ2v) is 8.40. The van der Waals surface area contributed by atoms with Crippen molar-refractivity contribution in [1.29, 1.82) is 0 Å². The molecule has 3 amide bonds. The quantitative estimate of drug-likeness (QED) is 0.597. The molecule has 4 rings (SSSR count). The Balaban J connectivity index is 1.39. The maximum Gasteiger partial charge on any atom is 0.321 e. The van der Waals surface area contributed by atoms with Crippen LogP contribution in [0.1, 0.15) is 21.5 Å². The van der Waals surface area contributed by atoms with Crippen LogP contribution in [0.15, 0.2) is 76.5 Å². The number of hydrogen-bond acceptors (Lipinski definition) is 3. The van der Waals surface area contributed by atoms with E-state index in [1.165, 1.54) is 16.0 Å². The number of carbonyl (C=O) groups excluding carboxylic acids is 2. The Bertz CT molecular complexity index is 1080. The minimum atomic E-state index is -0.179. The molecular formula is C24H23N3O2S. The number of aryl methyl sites for hydroxylation is 2. The van der Waals surface area contributed by atoms with Gasteiger partial charge >= 0.3 is 6.03 Å². The maximum absolute atomic E-state index is 12.6. The maximum atomic E-state index is 12.6. The van der Waals surface area contributed by atoms with E-state index in [9.17, 15) is 9.59 Å². The van der Waals surface area contributed by atoms with Crippen LogP contribution in [0.5, 0.6) is 0 Å². The van der Waals surface area contributed by atoms with E-state index in [2.05, 4.69) is 42.7 Å². The zero-order valence-electron chi connectivity index (χ0n) is 16.9. The summed E-state index contributed by atoms with van der Waals surface area (Å²) >= 11 is 1.71. The van der Waals surface area contributed by atoms with Crippen molar-refractivity contribution in [3.63, 3.8) is 0 Å². The topological polar surface area (TPSA) is 61.4 Å². The van der Waals surface area contributed by atoms with Gasteiger partial charge in [0.25, 0.3) is 5.91 Å². The highest BCUT2D eigenvalue weighted by Gasteiger charge is 2.21. The molecule has 0 saturated carbocycles. The number of nitrogens with one attached hydrogen (secondary N) is 2. The summed E-state index contributed by atoms with van der Waals surface area (Å²) in [4.78, 5) is 28.3. The van der Waals surface area contributed by atoms with E-state index in [0.29, 0.717) is 18.7 Å². The summed E-state index contributed by atoms with van der Waals surface area (Å²) in [5, 5.41) is 5.69. The Hall–Kier alpha value is -3.25. The van der Waals surface area contributed by atoms with Gasteiger partial charge in [-0.15, -0.1) is 0 Å². The fourth-order valence-electron chi connectivity index (χ4n) is 3.36. The van der Waals surface area contributed by atoms with Crippen molar-refractivity contribution < 1.29 is 9.59 Å². The first-order valence-corrected chi connectivity index (χ1v) is 10.6. The molecule has 0 bridgehead atoms. The molecule has 1 saturated heterocycles. The Morgan fingerprint density at radius 2 is 1.73 bits per heavy atom. The molecule has 5 nitrogen and oxygen atoms in total. The highest BCUT2D eigenvalue weighted by molar-refractivity contribution is 7.99. The number of anilines is 2. The number of carbonyl (C=O) groups is 2. The average molecular weight is 418 g/mol. The van der Waals surface area contributed by atoms with Gasteiger partial charge in [0.15, 0.2) is 0 Å². The lowest BCUT2D eigenvalue weighted by Crippen LogP contribution is -2.27. The molecule has 3 aromatic carbocycles. The standard InChI is InChI=1S/C24H23N3O2S/c1-16-3-12-22(17(2)15-16)30-21-10-6-19(7-11-21)26-23(28)18-4-8-20(9-5-18)27-14-13-25-24(27)29/h3-12,15H,13-14H2,1-2H3,(H,25,29)(H,26,28). The number of amides is 3. The van der Waals surface area contributed by atoms with E-state index in [0.717, 1.165) is 16.3 Å². The molecule has 0 aromatic heterocycles. The van der Waals surface area contributed by atoms with Crippen LogP contribution in [0.4, 0.5) is 16.2 Å². The predicted octanol–water partition coefficient (Wildman–Crippen LogP) is 5.24. The third-order valence-corrected chi connectivity index (χ3v) is 6.15. The van der Waals surface area contributed by atoms with Crippen LogP contribution in [0.3, 0.4) is 0 Å². The van der Waals surface area contributed by atoms with Gasteiger partial charge in [0.2, 0.25) is 0 Å². The third kappa shape index (κ3) is 4.49. The van der Waals surface area contributed by atoms with E-state index in [-0.39, 0.29) is 11.9 Å². The van der Waals surface area contributed by atoms with Crippen LogP contribution >= 0.6 is 11.8 Å². The van der Waals surface area contributed by atoms with Gasteiger partial charge in [-0.25, -0.2) is 4.79 Å². The summed E-state index contributed by atoms with van der Waals surface area (Å²) < 4.78 is 0. The predicted molar refractivity (Wildman–Crippen MR) is 122 cm³/mol. The Morgan fingerprint density at radius 1 is 1.00 bits per heavy atom. The van der Waals surface area contributed by atoms with Crippen LogP contribution in [0.25, 0.3) is 0 Å². The number of rotatable bonds is 5.